The minimum atomic E-state index is 0.535. The fraction of sp³-hybridized carbons (Fsp3) is 0.889. The van der Waals surface area contributed by atoms with Gasteiger partial charge in [0.05, 0.1) is 5.71 Å². The highest BCUT2D eigenvalue weighted by molar-refractivity contribution is 5.90. The number of oxime groups is 1. The molecule has 2 bridgehead atoms. The van der Waals surface area contributed by atoms with Crippen LogP contribution in [0.3, 0.4) is 0 Å². The Kier molecular flexibility index (Phi) is 2.05. The first kappa shape index (κ1) is 8.05. The van der Waals surface area contributed by atoms with E-state index >= 15 is 0 Å². The highest BCUT2D eigenvalue weighted by atomic mass is 16.4. The van der Waals surface area contributed by atoms with Crippen molar-refractivity contribution in [3.05, 3.63) is 0 Å². The van der Waals surface area contributed by atoms with Crippen LogP contribution in [0.1, 0.15) is 19.3 Å². The number of piperidine rings is 1. The molecule has 68 valence electrons. The smallest absolute Gasteiger partial charge is 0.0657 e. The van der Waals surface area contributed by atoms with Crippen molar-refractivity contribution in [1.29, 1.82) is 0 Å². The predicted molar refractivity (Wildman–Crippen MR) is 47.5 cm³/mol. The SMILES string of the molecule is CN1CC2CCCC(C1)C2=NO. The number of fused-ring (bicyclic) bond motifs is 2. The zero-order chi connectivity index (χ0) is 8.55. The lowest BCUT2D eigenvalue weighted by Gasteiger charge is -2.40. The molecule has 1 aliphatic heterocycles. The van der Waals surface area contributed by atoms with Crippen LogP contribution in [-0.4, -0.2) is 36.0 Å². The largest absolute Gasteiger partial charge is 0.411 e. The van der Waals surface area contributed by atoms with Crippen LogP contribution in [-0.2, 0) is 0 Å². The van der Waals surface area contributed by atoms with Crippen molar-refractivity contribution < 1.29 is 5.21 Å². The summed E-state index contributed by atoms with van der Waals surface area (Å²) in [5.74, 6) is 1.07. The molecule has 2 unspecified atom stereocenters. The zero-order valence-corrected chi connectivity index (χ0v) is 7.53. The molecular formula is C9H16N2O. The third-order valence-electron chi connectivity index (χ3n) is 3.12. The summed E-state index contributed by atoms with van der Waals surface area (Å²) in [4.78, 5) is 2.35. The number of hydrogen-bond donors (Lipinski definition) is 1. The zero-order valence-electron chi connectivity index (χ0n) is 7.53. The maximum absolute atomic E-state index is 8.85. The normalized spacial score (nSPS) is 36.6. The fourth-order valence-electron chi connectivity index (χ4n) is 2.60. The fourth-order valence-corrected chi connectivity index (χ4v) is 2.60. The molecule has 2 rings (SSSR count). The third-order valence-corrected chi connectivity index (χ3v) is 3.12. The van der Waals surface area contributed by atoms with Crippen LogP contribution in [0.2, 0.25) is 0 Å². The molecule has 0 aromatic heterocycles. The number of hydrogen-bond acceptors (Lipinski definition) is 3. The highest BCUT2D eigenvalue weighted by Gasteiger charge is 2.35. The average Bonchev–Trinajstić information content (AvgIpc) is 2.02. The second-order valence-corrected chi connectivity index (χ2v) is 4.07. The summed E-state index contributed by atoms with van der Waals surface area (Å²) in [6, 6.07) is 0. The molecular weight excluding hydrogens is 152 g/mol. The van der Waals surface area contributed by atoms with Gasteiger partial charge in [0.1, 0.15) is 0 Å². The van der Waals surface area contributed by atoms with E-state index in [1.807, 2.05) is 0 Å². The second-order valence-electron chi connectivity index (χ2n) is 4.07. The summed E-state index contributed by atoms with van der Waals surface area (Å²) >= 11 is 0. The molecule has 12 heavy (non-hydrogen) atoms. The van der Waals surface area contributed by atoms with E-state index in [9.17, 15) is 0 Å². The van der Waals surface area contributed by atoms with Gasteiger partial charge in [-0.3, -0.25) is 0 Å². The molecule has 1 saturated carbocycles. The monoisotopic (exact) mass is 168 g/mol. The second kappa shape index (κ2) is 3.05. The van der Waals surface area contributed by atoms with Gasteiger partial charge in [-0.05, 0) is 19.9 Å². The molecule has 1 saturated heterocycles. The Balaban J connectivity index is 2.17. The average molecular weight is 168 g/mol. The van der Waals surface area contributed by atoms with E-state index in [1.54, 1.807) is 0 Å². The van der Waals surface area contributed by atoms with Gasteiger partial charge in [0.2, 0.25) is 0 Å². The lowest BCUT2D eigenvalue weighted by atomic mass is 9.76. The molecule has 3 heteroatoms. The molecule has 3 nitrogen and oxygen atoms in total. The molecule has 1 heterocycles. The van der Waals surface area contributed by atoms with Gasteiger partial charge in [0.15, 0.2) is 0 Å². The lowest BCUT2D eigenvalue weighted by molar-refractivity contribution is 0.198. The molecule has 2 atom stereocenters. The molecule has 2 aliphatic rings. The summed E-state index contributed by atoms with van der Waals surface area (Å²) in [6.45, 7) is 2.16. The number of likely N-dealkylation sites (tertiary alicyclic amines) is 1. The first-order valence-electron chi connectivity index (χ1n) is 4.71. The van der Waals surface area contributed by atoms with E-state index in [1.165, 1.54) is 19.3 Å². The Morgan fingerprint density at radius 2 is 1.92 bits per heavy atom. The van der Waals surface area contributed by atoms with Crippen molar-refractivity contribution in [2.45, 2.75) is 19.3 Å². The van der Waals surface area contributed by atoms with Crippen LogP contribution in [0, 0.1) is 11.8 Å². The van der Waals surface area contributed by atoms with E-state index < -0.39 is 0 Å². The molecule has 0 aromatic rings. The van der Waals surface area contributed by atoms with Gasteiger partial charge in [-0.2, -0.15) is 0 Å². The van der Waals surface area contributed by atoms with Crippen molar-refractivity contribution in [3.63, 3.8) is 0 Å². The van der Waals surface area contributed by atoms with E-state index in [4.69, 9.17) is 5.21 Å². The van der Waals surface area contributed by atoms with Gasteiger partial charge >= 0.3 is 0 Å². The van der Waals surface area contributed by atoms with E-state index in [-0.39, 0.29) is 0 Å². The quantitative estimate of drug-likeness (QED) is 0.435. The minimum absolute atomic E-state index is 0.535. The van der Waals surface area contributed by atoms with Crippen molar-refractivity contribution in [2.75, 3.05) is 20.1 Å². The third kappa shape index (κ3) is 1.22. The van der Waals surface area contributed by atoms with Crippen molar-refractivity contribution >= 4 is 5.71 Å². The molecule has 0 aromatic carbocycles. The van der Waals surface area contributed by atoms with E-state index in [0.29, 0.717) is 11.8 Å². The highest BCUT2D eigenvalue weighted by Crippen LogP contribution is 2.31. The lowest BCUT2D eigenvalue weighted by Crippen LogP contribution is -2.47. The number of rotatable bonds is 0. The van der Waals surface area contributed by atoms with Crippen LogP contribution in [0.15, 0.2) is 5.16 Å². The topological polar surface area (TPSA) is 35.8 Å². The summed E-state index contributed by atoms with van der Waals surface area (Å²) < 4.78 is 0. The molecule has 1 aliphatic carbocycles. The van der Waals surface area contributed by atoms with Crippen molar-refractivity contribution in [3.8, 4) is 0 Å². The Bertz CT molecular complexity index is 187. The summed E-state index contributed by atoms with van der Waals surface area (Å²) in [5, 5.41) is 12.3. The summed E-state index contributed by atoms with van der Waals surface area (Å²) in [6.07, 6.45) is 3.72. The molecule has 0 radical (unpaired) electrons. The van der Waals surface area contributed by atoms with Gasteiger partial charge in [-0.25, -0.2) is 0 Å². The molecule has 1 N–H and O–H groups in total. The summed E-state index contributed by atoms with van der Waals surface area (Å²) in [7, 11) is 2.15. The van der Waals surface area contributed by atoms with Crippen LogP contribution in [0.4, 0.5) is 0 Å². The molecule has 2 fully saturated rings. The van der Waals surface area contributed by atoms with Crippen LogP contribution in [0.25, 0.3) is 0 Å². The first-order valence-corrected chi connectivity index (χ1v) is 4.71. The van der Waals surface area contributed by atoms with Crippen LogP contribution in [0.5, 0.6) is 0 Å². The van der Waals surface area contributed by atoms with Gasteiger partial charge in [0, 0.05) is 24.9 Å². The minimum Gasteiger partial charge on any atom is -0.411 e. The maximum Gasteiger partial charge on any atom is 0.0657 e. The Morgan fingerprint density at radius 1 is 1.33 bits per heavy atom. The molecule has 0 spiro atoms. The van der Waals surface area contributed by atoms with E-state index in [2.05, 4.69) is 17.1 Å². The summed E-state index contributed by atoms with van der Waals surface area (Å²) in [5.41, 5.74) is 1.07. The first-order chi connectivity index (χ1) is 5.81. The van der Waals surface area contributed by atoms with Crippen molar-refractivity contribution in [2.24, 2.45) is 17.0 Å². The standard InChI is InChI=1S/C9H16N2O/c1-11-5-7-3-2-4-8(6-11)9(7)10-12/h7-8,12H,2-6H2,1H3. The van der Waals surface area contributed by atoms with Crippen molar-refractivity contribution in [1.82, 2.24) is 4.90 Å². The van der Waals surface area contributed by atoms with Gasteiger partial charge < -0.3 is 10.1 Å². The Labute approximate surface area is 73.1 Å². The predicted octanol–water partition coefficient (Wildman–Crippen LogP) is 1.18. The molecule has 0 amide bonds. The maximum atomic E-state index is 8.85. The Morgan fingerprint density at radius 3 is 2.42 bits per heavy atom. The van der Waals surface area contributed by atoms with Crippen LogP contribution < -0.4 is 0 Å². The van der Waals surface area contributed by atoms with Gasteiger partial charge in [0.25, 0.3) is 0 Å². The van der Waals surface area contributed by atoms with Crippen LogP contribution >= 0.6 is 0 Å². The van der Waals surface area contributed by atoms with Gasteiger partial charge in [-0.15, -0.1) is 0 Å². The van der Waals surface area contributed by atoms with Gasteiger partial charge in [-0.1, -0.05) is 11.6 Å². The number of nitrogens with zero attached hydrogens (tertiary/aromatic N) is 2. The Hall–Kier alpha value is -0.570. The van der Waals surface area contributed by atoms with E-state index in [0.717, 1.165) is 18.8 Å².